The van der Waals surface area contributed by atoms with E-state index in [1.165, 1.54) is 22.8 Å². The first-order chi connectivity index (χ1) is 10.7. The molecule has 0 bridgehead atoms. The molecule has 0 radical (unpaired) electrons. The van der Waals surface area contributed by atoms with Gasteiger partial charge in [-0.3, -0.25) is 0 Å². The van der Waals surface area contributed by atoms with E-state index < -0.39 is 0 Å². The summed E-state index contributed by atoms with van der Waals surface area (Å²) in [5.41, 5.74) is 1.24. The molecule has 118 valence electrons. The predicted molar refractivity (Wildman–Crippen MR) is 90.4 cm³/mol. The van der Waals surface area contributed by atoms with Gasteiger partial charge in [-0.1, -0.05) is 30.3 Å². The van der Waals surface area contributed by atoms with E-state index >= 15 is 0 Å². The van der Waals surface area contributed by atoms with Crippen LogP contribution < -0.4 is 10.1 Å². The van der Waals surface area contributed by atoms with E-state index in [9.17, 15) is 0 Å². The van der Waals surface area contributed by atoms with Crippen LogP contribution in [0.3, 0.4) is 0 Å². The molecule has 0 amide bonds. The summed E-state index contributed by atoms with van der Waals surface area (Å²) >= 11 is 0. The lowest BCUT2D eigenvalue weighted by Crippen LogP contribution is -2.26. The highest BCUT2D eigenvalue weighted by atomic mass is 16.5. The van der Waals surface area contributed by atoms with Gasteiger partial charge >= 0.3 is 0 Å². The molecule has 1 unspecified atom stereocenters. The summed E-state index contributed by atoms with van der Waals surface area (Å²) in [6.07, 6.45) is 2.89. The average molecular weight is 299 g/mol. The van der Waals surface area contributed by atoms with Crippen molar-refractivity contribution in [2.45, 2.75) is 45.4 Å². The van der Waals surface area contributed by atoms with E-state index in [1.54, 1.807) is 0 Å². The first kappa shape index (κ1) is 15.3. The van der Waals surface area contributed by atoms with Gasteiger partial charge in [0.15, 0.2) is 0 Å². The third-order valence-corrected chi connectivity index (χ3v) is 4.06. The first-order valence-electron chi connectivity index (χ1n) is 8.23. The maximum Gasteiger partial charge on any atom is 0.124 e. The molecular formula is C19H25NO2. The molecule has 1 atom stereocenters. The molecule has 0 aromatic heterocycles. The van der Waals surface area contributed by atoms with E-state index in [2.05, 4.69) is 55.6 Å². The zero-order chi connectivity index (χ0) is 15.4. The van der Waals surface area contributed by atoms with Crippen LogP contribution in [0.2, 0.25) is 0 Å². The normalized spacial score (nSPS) is 18.2. The number of nitrogens with one attached hydrogen (secondary N) is 1. The van der Waals surface area contributed by atoms with Gasteiger partial charge in [0.2, 0.25) is 0 Å². The third kappa shape index (κ3) is 3.60. The standard InChI is InChI=1S/C19H25NO2/c1-14(2)22-19-10-9-15-6-3-4-8-17(15)18(19)13-20-12-16-7-5-11-21-16/h3-4,6,8-10,14,16,20H,5,7,11-13H2,1-2H3. The molecule has 1 heterocycles. The monoisotopic (exact) mass is 299 g/mol. The van der Waals surface area contributed by atoms with Crippen molar-refractivity contribution in [1.29, 1.82) is 0 Å². The van der Waals surface area contributed by atoms with Crippen LogP contribution >= 0.6 is 0 Å². The first-order valence-corrected chi connectivity index (χ1v) is 8.23. The van der Waals surface area contributed by atoms with Crippen LogP contribution in [0.4, 0.5) is 0 Å². The van der Waals surface area contributed by atoms with Crippen LogP contribution in [0.1, 0.15) is 32.3 Å². The van der Waals surface area contributed by atoms with Crippen molar-refractivity contribution < 1.29 is 9.47 Å². The topological polar surface area (TPSA) is 30.5 Å². The van der Waals surface area contributed by atoms with E-state index in [4.69, 9.17) is 9.47 Å². The van der Waals surface area contributed by atoms with Gasteiger partial charge in [-0.05, 0) is 43.5 Å². The third-order valence-electron chi connectivity index (χ3n) is 4.06. The van der Waals surface area contributed by atoms with Crippen molar-refractivity contribution in [3.63, 3.8) is 0 Å². The summed E-state index contributed by atoms with van der Waals surface area (Å²) in [5.74, 6) is 0.980. The summed E-state index contributed by atoms with van der Waals surface area (Å²) in [6.45, 7) is 6.76. The van der Waals surface area contributed by atoms with Gasteiger partial charge in [0.1, 0.15) is 5.75 Å². The molecule has 22 heavy (non-hydrogen) atoms. The molecule has 0 spiro atoms. The van der Waals surface area contributed by atoms with Crippen molar-refractivity contribution in [1.82, 2.24) is 5.32 Å². The van der Waals surface area contributed by atoms with E-state index in [-0.39, 0.29) is 6.10 Å². The fourth-order valence-electron chi connectivity index (χ4n) is 3.03. The van der Waals surface area contributed by atoms with Crippen LogP contribution in [0.5, 0.6) is 5.75 Å². The molecule has 3 heteroatoms. The quantitative estimate of drug-likeness (QED) is 0.877. The molecule has 3 rings (SSSR count). The molecule has 0 saturated carbocycles. The number of benzene rings is 2. The molecule has 1 fully saturated rings. The molecule has 1 aliphatic rings. The Hall–Kier alpha value is -1.58. The highest BCUT2D eigenvalue weighted by Crippen LogP contribution is 2.29. The Morgan fingerprint density at radius 2 is 2.09 bits per heavy atom. The minimum Gasteiger partial charge on any atom is -0.491 e. The minimum atomic E-state index is 0.179. The second-order valence-electron chi connectivity index (χ2n) is 6.20. The van der Waals surface area contributed by atoms with Crippen LogP contribution in [0.15, 0.2) is 36.4 Å². The lowest BCUT2D eigenvalue weighted by Gasteiger charge is -2.18. The van der Waals surface area contributed by atoms with Gasteiger partial charge in [0.25, 0.3) is 0 Å². The summed E-state index contributed by atoms with van der Waals surface area (Å²) in [4.78, 5) is 0. The lowest BCUT2D eigenvalue weighted by atomic mass is 10.0. The van der Waals surface area contributed by atoms with Crippen molar-refractivity contribution in [2.24, 2.45) is 0 Å². The maximum atomic E-state index is 6.00. The average Bonchev–Trinajstić information content (AvgIpc) is 3.02. The van der Waals surface area contributed by atoms with Crippen molar-refractivity contribution >= 4 is 10.8 Å². The zero-order valence-corrected chi connectivity index (χ0v) is 13.5. The highest BCUT2D eigenvalue weighted by Gasteiger charge is 2.16. The second-order valence-corrected chi connectivity index (χ2v) is 6.20. The van der Waals surface area contributed by atoms with E-state index in [0.717, 1.165) is 31.9 Å². The molecule has 1 saturated heterocycles. The summed E-state index contributed by atoms with van der Waals surface area (Å²) < 4.78 is 11.7. The molecule has 1 N–H and O–H groups in total. The van der Waals surface area contributed by atoms with Crippen LogP contribution in [0, 0.1) is 0 Å². The Morgan fingerprint density at radius 3 is 2.86 bits per heavy atom. The molecule has 0 aliphatic carbocycles. The zero-order valence-electron chi connectivity index (χ0n) is 13.5. The predicted octanol–water partition coefficient (Wildman–Crippen LogP) is 3.90. The van der Waals surface area contributed by atoms with Crippen molar-refractivity contribution in [3.8, 4) is 5.75 Å². The smallest absolute Gasteiger partial charge is 0.124 e. The van der Waals surface area contributed by atoms with Crippen LogP contribution in [0.25, 0.3) is 10.8 Å². The van der Waals surface area contributed by atoms with Gasteiger partial charge in [0.05, 0.1) is 12.2 Å². The van der Waals surface area contributed by atoms with Gasteiger partial charge in [-0.2, -0.15) is 0 Å². The van der Waals surface area contributed by atoms with E-state index in [1.807, 2.05) is 0 Å². The van der Waals surface area contributed by atoms with Gasteiger partial charge in [-0.25, -0.2) is 0 Å². The minimum absolute atomic E-state index is 0.179. The van der Waals surface area contributed by atoms with Crippen LogP contribution in [-0.2, 0) is 11.3 Å². The SMILES string of the molecule is CC(C)Oc1ccc2ccccc2c1CNCC1CCCO1. The largest absolute Gasteiger partial charge is 0.491 e. The van der Waals surface area contributed by atoms with E-state index in [0.29, 0.717) is 6.10 Å². The molecule has 2 aromatic rings. The lowest BCUT2D eigenvalue weighted by molar-refractivity contribution is 0.110. The number of hydrogen-bond donors (Lipinski definition) is 1. The summed E-state index contributed by atoms with van der Waals surface area (Å²) in [7, 11) is 0. The Bertz CT molecular complexity index is 618. The summed E-state index contributed by atoms with van der Waals surface area (Å²) in [5, 5.41) is 6.07. The molecule has 2 aromatic carbocycles. The summed E-state index contributed by atoms with van der Waals surface area (Å²) in [6, 6.07) is 12.7. The second kappa shape index (κ2) is 7.12. The Kier molecular flexibility index (Phi) is 4.96. The molecular weight excluding hydrogens is 274 g/mol. The maximum absolute atomic E-state index is 6.00. The Morgan fingerprint density at radius 1 is 1.23 bits per heavy atom. The van der Waals surface area contributed by atoms with Crippen molar-refractivity contribution in [3.05, 3.63) is 42.0 Å². The van der Waals surface area contributed by atoms with Gasteiger partial charge < -0.3 is 14.8 Å². The molecule has 3 nitrogen and oxygen atoms in total. The van der Waals surface area contributed by atoms with Crippen molar-refractivity contribution in [2.75, 3.05) is 13.2 Å². The number of fused-ring (bicyclic) bond motifs is 1. The highest BCUT2D eigenvalue weighted by molar-refractivity contribution is 5.87. The molecule has 1 aliphatic heterocycles. The number of ether oxygens (including phenoxy) is 2. The van der Waals surface area contributed by atoms with Gasteiger partial charge in [-0.15, -0.1) is 0 Å². The fourth-order valence-corrected chi connectivity index (χ4v) is 3.03. The number of hydrogen-bond acceptors (Lipinski definition) is 3. The Balaban J connectivity index is 1.80. The van der Waals surface area contributed by atoms with Crippen LogP contribution in [-0.4, -0.2) is 25.4 Å². The van der Waals surface area contributed by atoms with Gasteiger partial charge in [0, 0.05) is 25.3 Å². The fraction of sp³-hybridized carbons (Fsp3) is 0.474. The number of rotatable bonds is 6. The Labute approximate surface area is 132 Å².